The number of hydrogen-bond acceptors (Lipinski definition) is 2. The van der Waals surface area contributed by atoms with Gasteiger partial charge in [-0.1, -0.05) is 38.1 Å². The molecule has 0 aliphatic heterocycles. The van der Waals surface area contributed by atoms with Crippen molar-refractivity contribution < 1.29 is 4.79 Å². The van der Waals surface area contributed by atoms with Crippen LogP contribution in [0.25, 0.3) is 0 Å². The van der Waals surface area contributed by atoms with Gasteiger partial charge in [0, 0.05) is 18.4 Å². The molecule has 0 heterocycles. The number of carbonyl (C=O) groups is 1. The molecule has 0 radical (unpaired) electrons. The highest BCUT2D eigenvalue weighted by atomic mass is 16.1. The van der Waals surface area contributed by atoms with Gasteiger partial charge in [0.15, 0.2) is 0 Å². The van der Waals surface area contributed by atoms with Crippen LogP contribution in [0.5, 0.6) is 0 Å². The van der Waals surface area contributed by atoms with Gasteiger partial charge in [-0.2, -0.15) is 0 Å². The molecule has 0 saturated heterocycles. The van der Waals surface area contributed by atoms with Crippen molar-refractivity contribution in [2.24, 2.45) is 11.1 Å². The topological polar surface area (TPSA) is 43.1 Å². The predicted octanol–water partition coefficient (Wildman–Crippen LogP) is 3.05. The molecule has 2 heteroatoms. The summed E-state index contributed by atoms with van der Waals surface area (Å²) < 4.78 is 0. The number of ketones is 1. The van der Waals surface area contributed by atoms with E-state index in [1.165, 1.54) is 11.1 Å². The van der Waals surface area contributed by atoms with Crippen LogP contribution in [0.15, 0.2) is 24.3 Å². The summed E-state index contributed by atoms with van der Waals surface area (Å²) in [5, 5.41) is 0. The van der Waals surface area contributed by atoms with E-state index in [2.05, 4.69) is 38.1 Å². The average Bonchev–Trinajstić information content (AvgIpc) is 2.39. The van der Waals surface area contributed by atoms with Gasteiger partial charge in [0.2, 0.25) is 0 Å². The zero-order valence-electron chi connectivity index (χ0n) is 11.4. The van der Waals surface area contributed by atoms with Gasteiger partial charge in [0.25, 0.3) is 0 Å². The molecule has 0 bridgehead atoms. The fraction of sp³-hybridized carbons (Fsp3) is 0.562. The second-order valence-corrected chi connectivity index (χ2v) is 5.42. The Morgan fingerprint density at radius 2 is 2.00 bits per heavy atom. The van der Waals surface area contributed by atoms with E-state index in [0.29, 0.717) is 24.7 Å². The second kappa shape index (κ2) is 5.23. The second-order valence-electron chi connectivity index (χ2n) is 5.42. The van der Waals surface area contributed by atoms with Gasteiger partial charge in [0.1, 0.15) is 5.78 Å². The first kappa shape index (κ1) is 13.3. The zero-order chi connectivity index (χ0) is 13.2. The first-order valence-corrected chi connectivity index (χ1v) is 6.98. The lowest BCUT2D eigenvalue weighted by Gasteiger charge is -2.34. The van der Waals surface area contributed by atoms with Crippen molar-refractivity contribution in [2.45, 2.75) is 45.4 Å². The Balaban J connectivity index is 2.06. The SMILES string of the molecule is CCC(CC)(CN)C(=O)CC1Cc2ccccc21. The fourth-order valence-electron chi connectivity index (χ4n) is 3.03. The molecule has 0 amide bonds. The summed E-state index contributed by atoms with van der Waals surface area (Å²) in [4.78, 5) is 12.5. The lowest BCUT2D eigenvalue weighted by Crippen LogP contribution is -2.39. The molecule has 0 saturated carbocycles. The molecule has 2 nitrogen and oxygen atoms in total. The van der Waals surface area contributed by atoms with Gasteiger partial charge in [-0.05, 0) is 36.3 Å². The third-order valence-electron chi connectivity index (χ3n) is 4.73. The Morgan fingerprint density at radius 3 is 2.56 bits per heavy atom. The Bertz CT molecular complexity index is 426. The normalized spacial score (nSPS) is 18.1. The van der Waals surface area contributed by atoms with Crippen molar-refractivity contribution in [2.75, 3.05) is 6.54 Å². The first-order valence-electron chi connectivity index (χ1n) is 6.98. The third kappa shape index (κ3) is 2.10. The average molecular weight is 245 g/mol. The van der Waals surface area contributed by atoms with Crippen molar-refractivity contribution in [1.29, 1.82) is 0 Å². The molecule has 0 aromatic heterocycles. The summed E-state index contributed by atoms with van der Waals surface area (Å²) in [6.45, 7) is 4.62. The highest BCUT2D eigenvalue weighted by Crippen LogP contribution is 2.40. The number of fused-ring (bicyclic) bond motifs is 1. The number of Topliss-reactive ketones (excluding diaryl/α,β-unsaturated/α-hetero) is 1. The summed E-state index contributed by atoms with van der Waals surface area (Å²) in [5.41, 5.74) is 8.32. The van der Waals surface area contributed by atoms with Gasteiger partial charge < -0.3 is 5.73 Å². The maximum atomic E-state index is 12.5. The van der Waals surface area contributed by atoms with E-state index >= 15 is 0 Å². The highest BCUT2D eigenvalue weighted by molar-refractivity contribution is 5.86. The van der Waals surface area contributed by atoms with E-state index in [4.69, 9.17) is 5.73 Å². The quantitative estimate of drug-likeness (QED) is 0.837. The molecule has 2 rings (SSSR count). The number of benzene rings is 1. The summed E-state index contributed by atoms with van der Waals surface area (Å²) in [7, 11) is 0. The van der Waals surface area contributed by atoms with Crippen molar-refractivity contribution in [3.8, 4) is 0 Å². The molecule has 1 aromatic rings. The number of nitrogens with two attached hydrogens (primary N) is 1. The zero-order valence-corrected chi connectivity index (χ0v) is 11.4. The summed E-state index contributed by atoms with van der Waals surface area (Å²) >= 11 is 0. The van der Waals surface area contributed by atoms with Crippen LogP contribution in [0, 0.1) is 5.41 Å². The van der Waals surface area contributed by atoms with Crippen LogP contribution in [0.4, 0.5) is 0 Å². The fourth-order valence-corrected chi connectivity index (χ4v) is 3.03. The maximum absolute atomic E-state index is 12.5. The van der Waals surface area contributed by atoms with E-state index < -0.39 is 0 Å². The third-order valence-corrected chi connectivity index (χ3v) is 4.73. The minimum Gasteiger partial charge on any atom is -0.329 e. The van der Waals surface area contributed by atoms with Gasteiger partial charge in [-0.3, -0.25) is 4.79 Å². The summed E-state index contributed by atoms with van der Waals surface area (Å²) in [6.07, 6.45) is 3.42. The predicted molar refractivity (Wildman–Crippen MR) is 74.6 cm³/mol. The molecular weight excluding hydrogens is 222 g/mol. The Hall–Kier alpha value is -1.15. The standard InChI is InChI=1S/C16H23NO/c1-3-16(4-2,11-17)15(18)10-13-9-12-7-5-6-8-14(12)13/h5-8,13H,3-4,9-11,17H2,1-2H3. The van der Waals surface area contributed by atoms with Gasteiger partial charge in [-0.15, -0.1) is 0 Å². The van der Waals surface area contributed by atoms with Gasteiger partial charge in [-0.25, -0.2) is 0 Å². The molecule has 1 atom stereocenters. The minimum atomic E-state index is -0.287. The molecule has 0 fully saturated rings. The summed E-state index contributed by atoms with van der Waals surface area (Å²) in [5.74, 6) is 0.784. The molecular formula is C16H23NO. The Morgan fingerprint density at radius 1 is 1.33 bits per heavy atom. The van der Waals surface area contributed by atoms with Crippen LogP contribution < -0.4 is 5.73 Å². The van der Waals surface area contributed by atoms with Gasteiger partial charge >= 0.3 is 0 Å². The largest absolute Gasteiger partial charge is 0.329 e. The monoisotopic (exact) mass is 245 g/mol. The lowest BCUT2D eigenvalue weighted by atomic mass is 9.69. The summed E-state index contributed by atoms with van der Waals surface area (Å²) in [6, 6.07) is 8.44. The van der Waals surface area contributed by atoms with Crippen LogP contribution in [0.2, 0.25) is 0 Å². The van der Waals surface area contributed by atoms with Crippen LogP contribution in [-0.4, -0.2) is 12.3 Å². The van der Waals surface area contributed by atoms with Crippen LogP contribution in [0.1, 0.15) is 50.2 Å². The minimum absolute atomic E-state index is 0.287. The van der Waals surface area contributed by atoms with Gasteiger partial charge in [0.05, 0.1) is 0 Å². The highest BCUT2D eigenvalue weighted by Gasteiger charge is 2.36. The lowest BCUT2D eigenvalue weighted by molar-refractivity contribution is -0.129. The van der Waals surface area contributed by atoms with Crippen LogP contribution >= 0.6 is 0 Å². The smallest absolute Gasteiger partial charge is 0.140 e. The molecule has 18 heavy (non-hydrogen) atoms. The van der Waals surface area contributed by atoms with E-state index in [0.717, 1.165) is 19.3 Å². The molecule has 2 N–H and O–H groups in total. The molecule has 1 unspecified atom stereocenters. The number of hydrogen-bond donors (Lipinski definition) is 1. The van der Waals surface area contributed by atoms with E-state index in [1.54, 1.807) is 0 Å². The molecule has 0 spiro atoms. The maximum Gasteiger partial charge on any atom is 0.140 e. The van der Waals surface area contributed by atoms with E-state index in [9.17, 15) is 4.79 Å². The van der Waals surface area contributed by atoms with Crippen molar-refractivity contribution in [3.63, 3.8) is 0 Å². The van der Waals surface area contributed by atoms with E-state index in [-0.39, 0.29) is 5.41 Å². The molecule has 1 aliphatic rings. The molecule has 98 valence electrons. The Labute approximate surface area is 110 Å². The number of rotatable bonds is 6. The van der Waals surface area contributed by atoms with Crippen molar-refractivity contribution in [3.05, 3.63) is 35.4 Å². The first-order chi connectivity index (χ1) is 8.66. The Kier molecular flexibility index (Phi) is 3.86. The van der Waals surface area contributed by atoms with Crippen LogP contribution in [-0.2, 0) is 11.2 Å². The molecule has 1 aromatic carbocycles. The molecule has 1 aliphatic carbocycles. The number of carbonyl (C=O) groups excluding carboxylic acids is 1. The van der Waals surface area contributed by atoms with Crippen LogP contribution in [0.3, 0.4) is 0 Å². The van der Waals surface area contributed by atoms with E-state index in [1.807, 2.05) is 0 Å². The van der Waals surface area contributed by atoms with Crippen molar-refractivity contribution >= 4 is 5.78 Å². The van der Waals surface area contributed by atoms with Crippen molar-refractivity contribution in [1.82, 2.24) is 0 Å².